The molecule has 2 N–H and O–H groups in total. The fourth-order valence-electron chi connectivity index (χ4n) is 1.39. The first-order valence-electron chi connectivity index (χ1n) is 6.12. The molecule has 0 bridgehead atoms. The summed E-state index contributed by atoms with van der Waals surface area (Å²) in [6.45, 7) is 4.79. The number of carbonyl (C=O) groups excluding carboxylic acids is 1. The third kappa shape index (κ3) is 5.88. The predicted octanol–water partition coefficient (Wildman–Crippen LogP) is 2.68. The van der Waals surface area contributed by atoms with Crippen LogP contribution in [0, 0.1) is 0 Å². The van der Waals surface area contributed by atoms with Crippen LogP contribution in [0.4, 0.5) is 18.0 Å². The van der Waals surface area contributed by atoms with E-state index in [-0.39, 0.29) is 12.1 Å². The number of ether oxygens (including phenoxy) is 1. The van der Waals surface area contributed by atoms with E-state index in [1.165, 1.54) is 0 Å². The van der Waals surface area contributed by atoms with Gasteiger partial charge in [-0.3, -0.25) is 0 Å². The molecule has 0 saturated carbocycles. The highest BCUT2D eigenvalue weighted by molar-refractivity contribution is 7.09. The highest BCUT2D eigenvalue weighted by atomic mass is 32.1. The van der Waals surface area contributed by atoms with Crippen molar-refractivity contribution < 1.29 is 32.6 Å². The summed E-state index contributed by atoms with van der Waals surface area (Å²) in [7, 11) is 0. The lowest BCUT2D eigenvalue weighted by molar-refractivity contribution is -0.139. The zero-order chi connectivity index (χ0) is 17.1. The van der Waals surface area contributed by atoms with Crippen molar-refractivity contribution in [2.75, 3.05) is 0 Å². The van der Waals surface area contributed by atoms with Gasteiger partial charge in [0.05, 0.1) is 5.69 Å². The van der Waals surface area contributed by atoms with Crippen LogP contribution in [-0.2, 0) is 22.1 Å². The van der Waals surface area contributed by atoms with Gasteiger partial charge in [0.2, 0.25) is 0 Å². The van der Waals surface area contributed by atoms with Crippen molar-refractivity contribution in [1.29, 1.82) is 0 Å². The first kappa shape index (κ1) is 18.2. The molecule has 1 amide bonds. The molecule has 10 heteroatoms. The Kier molecular flexibility index (Phi) is 5.39. The zero-order valence-corrected chi connectivity index (χ0v) is 12.8. The van der Waals surface area contributed by atoms with Crippen molar-refractivity contribution in [3.63, 3.8) is 0 Å². The third-order valence-electron chi connectivity index (χ3n) is 2.20. The highest BCUT2D eigenvalue weighted by Crippen LogP contribution is 2.31. The molecule has 0 saturated heterocycles. The third-order valence-corrected chi connectivity index (χ3v) is 3.13. The van der Waals surface area contributed by atoms with Crippen LogP contribution in [0.15, 0.2) is 5.38 Å². The van der Waals surface area contributed by atoms with Crippen molar-refractivity contribution in [3.8, 4) is 0 Å². The second-order valence-electron chi connectivity index (χ2n) is 5.38. The van der Waals surface area contributed by atoms with Crippen LogP contribution in [-0.4, -0.2) is 33.8 Å². The van der Waals surface area contributed by atoms with Crippen molar-refractivity contribution in [1.82, 2.24) is 10.3 Å². The minimum absolute atomic E-state index is 0.0687. The standard InChI is InChI=1S/C12H15F3N2O4S/c1-11(2,3)21-10(20)17-7(8(18)19)4-6-5-22-9(16-6)12(13,14)15/h5,7H,4H2,1-3H3,(H,17,20)(H,18,19)/t7-/m0/s1. The summed E-state index contributed by atoms with van der Waals surface area (Å²) in [5.74, 6) is -1.40. The Bertz CT molecular complexity index is 551. The summed E-state index contributed by atoms with van der Waals surface area (Å²) in [4.78, 5) is 25.9. The molecule has 6 nitrogen and oxygen atoms in total. The number of rotatable bonds is 4. The molecule has 1 aromatic heterocycles. The maximum absolute atomic E-state index is 12.4. The Labute approximate surface area is 128 Å². The average molecular weight is 340 g/mol. The smallest absolute Gasteiger partial charge is 0.443 e. The fourth-order valence-corrected chi connectivity index (χ4v) is 2.09. The molecule has 22 heavy (non-hydrogen) atoms. The SMILES string of the molecule is CC(C)(C)OC(=O)N[C@@H](Cc1csc(C(F)(F)F)n1)C(=O)O. The van der Waals surface area contributed by atoms with Crippen LogP contribution in [0.25, 0.3) is 0 Å². The Morgan fingerprint density at radius 2 is 2.00 bits per heavy atom. The Morgan fingerprint density at radius 1 is 1.41 bits per heavy atom. The van der Waals surface area contributed by atoms with Gasteiger partial charge in [0.15, 0.2) is 5.01 Å². The number of halogens is 3. The van der Waals surface area contributed by atoms with E-state index >= 15 is 0 Å². The molecule has 1 aromatic rings. The van der Waals surface area contributed by atoms with Gasteiger partial charge < -0.3 is 15.2 Å². The molecule has 0 aliphatic carbocycles. The largest absolute Gasteiger partial charge is 0.480 e. The summed E-state index contributed by atoms with van der Waals surface area (Å²) in [5.41, 5.74) is -0.891. The summed E-state index contributed by atoms with van der Waals surface area (Å²) in [5, 5.41) is 11.2. The Balaban J connectivity index is 2.75. The van der Waals surface area contributed by atoms with E-state index in [1.807, 2.05) is 0 Å². The minimum Gasteiger partial charge on any atom is -0.480 e. The molecule has 124 valence electrons. The summed E-state index contributed by atoms with van der Waals surface area (Å²) < 4.78 is 42.2. The van der Waals surface area contributed by atoms with Gasteiger partial charge >= 0.3 is 18.2 Å². The van der Waals surface area contributed by atoms with Gasteiger partial charge in [0, 0.05) is 11.8 Å². The van der Waals surface area contributed by atoms with Crippen LogP contribution in [0.5, 0.6) is 0 Å². The van der Waals surface area contributed by atoms with E-state index in [2.05, 4.69) is 10.3 Å². The number of carbonyl (C=O) groups is 2. The van der Waals surface area contributed by atoms with Crippen molar-refractivity contribution >= 4 is 23.4 Å². The summed E-state index contributed by atoms with van der Waals surface area (Å²) in [6.07, 6.45) is -5.92. The number of amides is 1. The fraction of sp³-hybridized carbons (Fsp3) is 0.583. The number of aromatic nitrogens is 1. The predicted molar refractivity (Wildman–Crippen MR) is 71.6 cm³/mol. The van der Waals surface area contributed by atoms with Crippen molar-refractivity contribution in [2.24, 2.45) is 0 Å². The van der Waals surface area contributed by atoms with E-state index < -0.39 is 34.9 Å². The molecule has 1 heterocycles. The molecule has 0 spiro atoms. The molecular weight excluding hydrogens is 325 g/mol. The summed E-state index contributed by atoms with van der Waals surface area (Å²) >= 11 is 0.366. The molecule has 1 rings (SSSR count). The lowest BCUT2D eigenvalue weighted by atomic mass is 10.1. The molecule has 1 atom stereocenters. The number of alkyl halides is 3. The topological polar surface area (TPSA) is 88.5 Å². The number of thiazole rings is 1. The number of carboxylic acid groups (broad SMARTS) is 1. The number of aliphatic carboxylic acids is 1. The van der Waals surface area contributed by atoms with Gasteiger partial charge in [-0.25, -0.2) is 14.6 Å². The van der Waals surface area contributed by atoms with Crippen LogP contribution < -0.4 is 5.32 Å². The first-order valence-corrected chi connectivity index (χ1v) is 7.00. The number of alkyl carbamates (subject to hydrolysis) is 1. The van der Waals surface area contributed by atoms with Crippen LogP contribution in [0.2, 0.25) is 0 Å². The van der Waals surface area contributed by atoms with Gasteiger partial charge in [0.25, 0.3) is 0 Å². The van der Waals surface area contributed by atoms with E-state index in [0.29, 0.717) is 11.3 Å². The molecule has 0 aliphatic heterocycles. The first-order chi connectivity index (χ1) is 9.88. The molecular formula is C12H15F3N2O4S. The normalized spacial score (nSPS) is 13.5. The maximum Gasteiger partial charge on any atom is 0.443 e. The second kappa shape index (κ2) is 6.51. The summed E-state index contributed by atoms with van der Waals surface area (Å²) in [6, 6.07) is -1.43. The van der Waals surface area contributed by atoms with Gasteiger partial charge in [0.1, 0.15) is 11.6 Å². The molecule has 0 unspecified atom stereocenters. The lowest BCUT2D eigenvalue weighted by Gasteiger charge is -2.21. The quantitative estimate of drug-likeness (QED) is 0.880. The van der Waals surface area contributed by atoms with Gasteiger partial charge in [-0.15, -0.1) is 11.3 Å². The number of hydrogen-bond donors (Lipinski definition) is 2. The Morgan fingerprint density at radius 3 is 2.41 bits per heavy atom. The van der Waals surface area contributed by atoms with Gasteiger partial charge in [-0.05, 0) is 20.8 Å². The number of nitrogens with zero attached hydrogens (tertiary/aromatic N) is 1. The molecule has 0 fully saturated rings. The van der Waals surface area contributed by atoms with Crippen molar-refractivity contribution in [2.45, 2.75) is 45.0 Å². The van der Waals surface area contributed by atoms with Gasteiger partial charge in [-0.1, -0.05) is 0 Å². The van der Waals surface area contributed by atoms with Crippen LogP contribution >= 0.6 is 11.3 Å². The minimum atomic E-state index is -4.58. The maximum atomic E-state index is 12.4. The lowest BCUT2D eigenvalue weighted by Crippen LogP contribution is -2.44. The van der Waals surface area contributed by atoms with Gasteiger partial charge in [-0.2, -0.15) is 13.2 Å². The van der Waals surface area contributed by atoms with Crippen molar-refractivity contribution in [3.05, 3.63) is 16.1 Å². The number of nitrogens with one attached hydrogen (secondary N) is 1. The number of hydrogen-bond acceptors (Lipinski definition) is 5. The highest BCUT2D eigenvalue weighted by Gasteiger charge is 2.35. The number of carboxylic acids is 1. The molecule has 0 aliphatic rings. The molecule has 0 aromatic carbocycles. The van der Waals surface area contributed by atoms with E-state index in [9.17, 15) is 22.8 Å². The monoisotopic (exact) mass is 340 g/mol. The van der Waals surface area contributed by atoms with Crippen LogP contribution in [0.3, 0.4) is 0 Å². The van der Waals surface area contributed by atoms with Crippen LogP contribution in [0.1, 0.15) is 31.5 Å². The zero-order valence-electron chi connectivity index (χ0n) is 12.0. The Hall–Kier alpha value is -1.84. The molecule has 0 radical (unpaired) electrons. The van der Waals surface area contributed by atoms with E-state index in [1.54, 1.807) is 20.8 Å². The second-order valence-corrected chi connectivity index (χ2v) is 6.24. The van der Waals surface area contributed by atoms with E-state index in [4.69, 9.17) is 9.84 Å². The van der Waals surface area contributed by atoms with E-state index in [0.717, 1.165) is 5.38 Å². The average Bonchev–Trinajstić information content (AvgIpc) is 2.73.